The molecule has 1 aromatic heterocycles. The average Bonchev–Trinajstić information content (AvgIpc) is 3.10. The summed E-state index contributed by atoms with van der Waals surface area (Å²) in [6, 6.07) is 11.9. The molecule has 10 heteroatoms. The number of ether oxygens (including phenoxy) is 1. The predicted octanol–water partition coefficient (Wildman–Crippen LogP) is 3.25. The third-order valence-corrected chi connectivity index (χ3v) is 8.31. The molecule has 0 unspecified atom stereocenters. The van der Waals surface area contributed by atoms with Gasteiger partial charge in [-0.05, 0) is 49.4 Å². The Balaban J connectivity index is 1.64. The number of fused-ring (bicyclic) bond motifs is 1. The van der Waals surface area contributed by atoms with Crippen LogP contribution in [0.15, 0.2) is 56.8 Å². The van der Waals surface area contributed by atoms with Crippen molar-refractivity contribution in [2.75, 3.05) is 26.3 Å². The van der Waals surface area contributed by atoms with Crippen molar-refractivity contribution in [3.8, 4) is 0 Å². The second-order valence-corrected chi connectivity index (χ2v) is 10.6. The lowest BCUT2D eigenvalue weighted by Gasteiger charge is -2.26. The fraction of sp³-hybridized carbons (Fsp3) is 0.300. The van der Waals surface area contributed by atoms with Crippen LogP contribution in [0.5, 0.6) is 0 Å². The van der Waals surface area contributed by atoms with Crippen molar-refractivity contribution in [1.29, 1.82) is 0 Å². The Kier molecular flexibility index (Phi) is 6.21. The van der Waals surface area contributed by atoms with Crippen molar-refractivity contribution < 1.29 is 17.9 Å². The largest absolute Gasteiger partial charge is 0.379 e. The number of benzene rings is 2. The van der Waals surface area contributed by atoms with Gasteiger partial charge >= 0.3 is 0 Å². The molecule has 1 saturated heterocycles. The summed E-state index contributed by atoms with van der Waals surface area (Å²) in [4.78, 5) is 17.8. The first-order chi connectivity index (χ1) is 14.4. The normalized spacial score (nSPS) is 16.3. The molecular weight excluding hydrogens is 490 g/mol. The van der Waals surface area contributed by atoms with E-state index in [2.05, 4.69) is 20.9 Å². The van der Waals surface area contributed by atoms with Crippen LogP contribution in [0.3, 0.4) is 0 Å². The maximum atomic E-state index is 12.7. The van der Waals surface area contributed by atoms with Gasteiger partial charge in [-0.25, -0.2) is 8.42 Å². The summed E-state index contributed by atoms with van der Waals surface area (Å²) in [6.07, 6.45) is 0. The molecule has 7 nitrogen and oxygen atoms in total. The first-order valence-electron chi connectivity index (χ1n) is 9.46. The lowest BCUT2D eigenvalue weighted by molar-refractivity contribution is 0.0730. The van der Waals surface area contributed by atoms with Crippen LogP contribution in [-0.4, -0.2) is 49.5 Å². The maximum absolute atomic E-state index is 12.7. The number of rotatable bonds is 4. The van der Waals surface area contributed by atoms with Crippen molar-refractivity contribution in [2.24, 2.45) is 4.99 Å². The van der Waals surface area contributed by atoms with E-state index in [0.717, 1.165) is 14.7 Å². The highest BCUT2D eigenvalue weighted by molar-refractivity contribution is 9.10. The maximum Gasteiger partial charge on any atom is 0.279 e. The highest BCUT2D eigenvalue weighted by Crippen LogP contribution is 2.22. The Bertz CT molecular complexity index is 1260. The molecule has 4 rings (SSSR count). The number of morpholine rings is 1. The highest BCUT2D eigenvalue weighted by Gasteiger charge is 2.26. The second kappa shape index (κ2) is 8.72. The molecule has 2 aromatic carbocycles. The lowest BCUT2D eigenvalue weighted by atomic mass is 10.2. The van der Waals surface area contributed by atoms with Crippen molar-refractivity contribution in [1.82, 2.24) is 8.87 Å². The van der Waals surface area contributed by atoms with Gasteiger partial charge in [0, 0.05) is 29.7 Å². The summed E-state index contributed by atoms with van der Waals surface area (Å²) in [6.45, 7) is 4.12. The number of halogens is 1. The molecule has 0 bridgehead atoms. The summed E-state index contributed by atoms with van der Waals surface area (Å²) < 4.78 is 36.1. The van der Waals surface area contributed by atoms with E-state index in [1.807, 2.05) is 29.7 Å². The third kappa shape index (κ3) is 4.15. The average molecular weight is 510 g/mol. The molecule has 0 radical (unpaired) electrons. The highest BCUT2D eigenvalue weighted by atomic mass is 79.9. The summed E-state index contributed by atoms with van der Waals surface area (Å²) >= 11 is 4.91. The molecule has 158 valence electrons. The van der Waals surface area contributed by atoms with Gasteiger partial charge in [0.15, 0.2) is 4.80 Å². The number of aromatic nitrogens is 1. The van der Waals surface area contributed by atoms with E-state index in [0.29, 0.717) is 43.2 Å². The second-order valence-electron chi connectivity index (χ2n) is 6.70. The van der Waals surface area contributed by atoms with E-state index >= 15 is 0 Å². The van der Waals surface area contributed by atoms with E-state index in [-0.39, 0.29) is 4.90 Å². The molecule has 0 aliphatic carbocycles. The molecule has 1 aliphatic heterocycles. The van der Waals surface area contributed by atoms with Crippen molar-refractivity contribution in [3.63, 3.8) is 0 Å². The Morgan fingerprint density at radius 3 is 2.53 bits per heavy atom. The number of aryl methyl sites for hydroxylation is 1. The molecular formula is C20H20BrN3O4S2. The van der Waals surface area contributed by atoms with Crippen molar-refractivity contribution in [2.45, 2.75) is 18.4 Å². The van der Waals surface area contributed by atoms with E-state index < -0.39 is 15.9 Å². The van der Waals surface area contributed by atoms with Gasteiger partial charge in [-0.3, -0.25) is 4.79 Å². The van der Waals surface area contributed by atoms with Gasteiger partial charge in [-0.1, -0.05) is 27.3 Å². The summed E-state index contributed by atoms with van der Waals surface area (Å²) in [7, 11) is -3.59. The van der Waals surface area contributed by atoms with Crippen LogP contribution in [0.25, 0.3) is 10.2 Å². The number of carbonyl (C=O) groups is 1. The van der Waals surface area contributed by atoms with Gasteiger partial charge in [-0.2, -0.15) is 9.30 Å². The van der Waals surface area contributed by atoms with E-state index in [4.69, 9.17) is 4.74 Å². The summed E-state index contributed by atoms with van der Waals surface area (Å²) in [5, 5.41) is 0. The van der Waals surface area contributed by atoms with Gasteiger partial charge in [0.1, 0.15) is 0 Å². The monoisotopic (exact) mass is 509 g/mol. The Morgan fingerprint density at radius 2 is 1.87 bits per heavy atom. The number of thiazole rings is 1. The van der Waals surface area contributed by atoms with Crippen LogP contribution < -0.4 is 4.80 Å². The third-order valence-electron chi connectivity index (χ3n) is 4.87. The van der Waals surface area contributed by atoms with Crippen LogP contribution in [0.1, 0.15) is 17.3 Å². The molecule has 0 spiro atoms. The first-order valence-corrected chi connectivity index (χ1v) is 12.5. The zero-order valence-corrected chi connectivity index (χ0v) is 19.5. The predicted molar refractivity (Wildman–Crippen MR) is 119 cm³/mol. The van der Waals surface area contributed by atoms with Crippen LogP contribution in [-0.2, 0) is 21.3 Å². The van der Waals surface area contributed by atoms with Gasteiger partial charge in [0.05, 0.1) is 28.3 Å². The number of carbonyl (C=O) groups excluding carboxylic acids is 1. The number of nitrogens with zero attached hydrogens (tertiary/aromatic N) is 3. The Hall–Kier alpha value is -1.85. The van der Waals surface area contributed by atoms with Gasteiger partial charge in [0.25, 0.3) is 5.91 Å². The van der Waals surface area contributed by atoms with Gasteiger partial charge < -0.3 is 9.30 Å². The standard InChI is InChI=1S/C20H20BrN3O4S2/c1-2-24-17-8-5-15(21)13-18(17)29-20(24)22-19(25)14-3-6-16(7-4-14)30(26,27)23-9-11-28-12-10-23/h3-8,13H,2,9-12H2,1H3. The van der Waals surface area contributed by atoms with Crippen LogP contribution >= 0.6 is 27.3 Å². The van der Waals surface area contributed by atoms with Crippen molar-refractivity contribution in [3.05, 3.63) is 57.3 Å². The van der Waals surface area contributed by atoms with E-state index in [1.54, 1.807) is 0 Å². The topological polar surface area (TPSA) is 81.0 Å². The molecule has 0 N–H and O–H groups in total. The molecule has 30 heavy (non-hydrogen) atoms. The first kappa shape index (κ1) is 21.4. The molecule has 0 saturated carbocycles. The molecule has 1 amide bonds. The SMILES string of the molecule is CCn1c(=NC(=O)c2ccc(S(=O)(=O)N3CCOCC3)cc2)sc2cc(Br)ccc21. The molecule has 3 aromatic rings. The minimum atomic E-state index is -3.59. The summed E-state index contributed by atoms with van der Waals surface area (Å²) in [5.74, 6) is -0.404. The van der Waals surface area contributed by atoms with E-state index in [9.17, 15) is 13.2 Å². The summed E-state index contributed by atoms with van der Waals surface area (Å²) in [5.41, 5.74) is 1.36. The lowest BCUT2D eigenvalue weighted by Crippen LogP contribution is -2.40. The fourth-order valence-corrected chi connectivity index (χ4v) is 6.35. The molecule has 2 heterocycles. The molecule has 0 atom stereocenters. The van der Waals surface area contributed by atoms with Crippen LogP contribution in [0, 0.1) is 0 Å². The minimum Gasteiger partial charge on any atom is -0.379 e. The smallest absolute Gasteiger partial charge is 0.279 e. The minimum absolute atomic E-state index is 0.163. The number of amides is 1. The van der Waals surface area contributed by atoms with Crippen LogP contribution in [0.2, 0.25) is 0 Å². The fourth-order valence-electron chi connectivity index (χ4n) is 3.29. The zero-order chi connectivity index (χ0) is 21.3. The molecule has 1 aliphatic rings. The number of sulfonamides is 1. The number of hydrogen-bond acceptors (Lipinski definition) is 5. The zero-order valence-electron chi connectivity index (χ0n) is 16.2. The van der Waals surface area contributed by atoms with Crippen LogP contribution in [0.4, 0.5) is 0 Å². The Labute approximate surface area is 186 Å². The van der Waals surface area contributed by atoms with Gasteiger partial charge in [-0.15, -0.1) is 0 Å². The van der Waals surface area contributed by atoms with Gasteiger partial charge in [0.2, 0.25) is 10.0 Å². The molecule has 1 fully saturated rings. The van der Waals surface area contributed by atoms with Crippen molar-refractivity contribution >= 4 is 53.4 Å². The Morgan fingerprint density at radius 1 is 1.17 bits per heavy atom. The quantitative estimate of drug-likeness (QED) is 0.540. The van der Waals surface area contributed by atoms with E-state index in [1.165, 1.54) is 39.9 Å². The number of hydrogen-bond donors (Lipinski definition) is 0.